The van der Waals surface area contributed by atoms with Gasteiger partial charge in [-0.1, -0.05) is 35.9 Å². The highest BCUT2D eigenvalue weighted by Gasteiger charge is 2.26. The van der Waals surface area contributed by atoms with E-state index in [1.807, 2.05) is 4.68 Å². The standard InChI is InChI=1S/C29H33ClFN7O/c1-36-10-12-37(13-11-36)18-19-2-4-20(5-3-19)27-26-17-32-29(33-23-15-21(30)14-22(31)16-23)34-28(26)38(35-27)24-6-8-25(39)9-7-24/h2-5,14-17,24-25,39H,6-13,18H2,1H3,(H,32,33,34)/t24-,25-. The molecule has 0 atom stereocenters. The Hall–Kier alpha value is -3.11. The number of aromatic nitrogens is 4. The normalized spacial score (nSPS) is 20.9. The Balaban J connectivity index is 1.31. The van der Waals surface area contributed by atoms with E-state index < -0.39 is 5.82 Å². The maximum Gasteiger partial charge on any atom is 0.229 e. The van der Waals surface area contributed by atoms with Crippen LogP contribution in [0.1, 0.15) is 37.3 Å². The van der Waals surface area contributed by atoms with E-state index in [9.17, 15) is 9.50 Å². The molecule has 0 bridgehead atoms. The lowest BCUT2D eigenvalue weighted by Gasteiger charge is -2.32. The van der Waals surface area contributed by atoms with Gasteiger partial charge < -0.3 is 15.3 Å². The van der Waals surface area contributed by atoms with Gasteiger partial charge in [0.25, 0.3) is 0 Å². The summed E-state index contributed by atoms with van der Waals surface area (Å²) in [5.74, 6) is -0.0922. The van der Waals surface area contributed by atoms with E-state index in [0.29, 0.717) is 22.3 Å². The Morgan fingerprint density at radius 2 is 1.77 bits per heavy atom. The zero-order valence-corrected chi connectivity index (χ0v) is 22.8. The second-order valence-electron chi connectivity index (χ2n) is 10.7. The molecular weight excluding hydrogens is 517 g/mol. The topological polar surface area (TPSA) is 82.3 Å². The van der Waals surface area contributed by atoms with Crippen LogP contribution >= 0.6 is 11.6 Å². The molecule has 3 heterocycles. The van der Waals surface area contributed by atoms with Gasteiger partial charge in [-0.2, -0.15) is 10.1 Å². The van der Waals surface area contributed by atoms with Crippen LogP contribution in [0.15, 0.2) is 48.7 Å². The first-order valence-electron chi connectivity index (χ1n) is 13.6. The molecule has 39 heavy (non-hydrogen) atoms. The molecule has 8 nitrogen and oxygen atoms in total. The quantitative estimate of drug-likeness (QED) is 0.340. The van der Waals surface area contributed by atoms with E-state index >= 15 is 0 Å². The van der Waals surface area contributed by atoms with Crippen LogP contribution in [-0.4, -0.2) is 74.0 Å². The third-order valence-electron chi connectivity index (χ3n) is 7.81. The summed E-state index contributed by atoms with van der Waals surface area (Å²) in [6.07, 6.45) is 4.64. The summed E-state index contributed by atoms with van der Waals surface area (Å²) in [4.78, 5) is 14.2. The molecule has 2 fully saturated rings. The van der Waals surface area contributed by atoms with Crippen molar-refractivity contribution in [2.24, 2.45) is 0 Å². The molecule has 0 spiro atoms. The number of hydrogen-bond acceptors (Lipinski definition) is 7. The molecule has 204 valence electrons. The average molecular weight is 550 g/mol. The summed E-state index contributed by atoms with van der Waals surface area (Å²) in [7, 11) is 2.17. The molecule has 2 N–H and O–H groups in total. The Kier molecular flexibility index (Phi) is 7.49. The smallest absolute Gasteiger partial charge is 0.229 e. The summed E-state index contributed by atoms with van der Waals surface area (Å²) >= 11 is 6.03. The maximum atomic E-state index is 13.9. The monoisotopic (exact) mass is 549 g/mol. The lowest BCUT2D eigenvalue weighted by Crippen LogP contribution is -2.43. The molecule has 4 aromatic rings. The first kappa shape index (κ1) is 26.1. The van der Waals surface area contributed by atoms with E-state index in [0.717, 1.165) is 75.1 Å². The van der Waals surface area contributed by atoms with Crippen molar-refractivity contribution < 1.29 is 9.50 Å². The number of aliphatic hydroxyl groups is 1. The molecule has 0 radical (unpaired) electrons. The van der Waals surface area contributed by atoms with Gasteiger partial charge >= 0.3 is 0 Å². The number of likely N-dealkylation sites (N-methyl/N-ethyl adjacent to an activating group) is 1. The number of aliphatic hydroxyl groups excluding tert-OH is 1. The number of hydrogen-bond donors (Lipinski definition) is 2. The van der Waals surface area contributed by atoms with Gasteiger partial charge in [-0.3, -0.25) is 4.90 Å². The third-order valence-corrected chi connectivity index (χ3v) is 8.03. The Labute approximate surface area is 232 Å². The number of nitrogens with one attached hydrogen (secondary N) is 1. The lowest BCUT2D eigenvalue weighted by molar-refractivity contribution is 0.109. The van der Waals surface area contributed by atoms with E-state index in [1.54, 1.807) is 12.3 Å². The van der Waals surface area contributed by atoms with Gasteiger partial charge in [0.2, 0.25) is 5.95 Å². The van der Waals surface area contributed by atoms with E-state index in [-0.39, 0.29) is 12.1 Å². The van der Waals surface area contributed by atoms with Gasteiger partial charge in [-0.05, 0) is 56.5 Å². The van der Waals surface area contributed by atoms with Gasteiger partial charge in [0.05, 0.1) is 17.5 Å². The summed E-state index contributed by atoms with van der Waals surface area (Å²) < 4.78 is 15.9. The van der Waals surface area contributed by atoms with Crippen molar-refractivity contribution in [2.45, 2.75) is 44.4 Å². The Morgan fingerprint density at radius 3 is 2.49 bits per heavy atom. The minimum Gasteiger partial charge on any atom is -0.393 e. The van der Waals surface area contributed by atoms with E-state index in [1.165, 1.54) is 17.7 Å². The third kappa shape index (κ3) is 5.91. The second-order valence-corrected chi connectivity index (χ2v) is 11.2. The number of halogens is 2. The minimum atomic E-state index is -0.435. The van der Waals surface area contributed by atoms with Crippen LogP contribution in [0.5, 0.6) is 0 Å². The van der Waals surface area contributed by atoms with Crippen LogP contribution in [0.25, 0.3) is 22.3 Å². The molecule has 1 aliphatic carbocycles. The van der Waals surface area contributed by atoms with Gasteiger partial charge in [-0.15, -0.1) is 0 Å². The highest BCUT2D eigenvalue weighted by molar-refractivity contribution is 6.30. The molecule has 10 heteroatoms. The van der Waals surface area contributed by atoms with Crippen LogP contribution in [0.4, 0.5) is 16.0 Å². The predicted molar refractivity (Wildman–Crippen MR) is 152 cm³/mol. The molecule has 2 aromatic heterocycles. The summed E-state index contributed by atoms with van der Waals surface area (Å²) in [6.45, 7) is 5.30. The first-order valence-corrected chi connectivity index (χ1v) is 14.0. The van der Waals surface area contributed by atoms with Crippen LogP contribution in [0, 0.1) is 5.82 Å². The highest BCUT2D eigenvalue weighted by atomic mass is 35.5. The molecule has 0 amide bonds. The number of anilines is 2. The molecule has 1 saturated heterocycles. The predicted octanol–water partition coefficient (Wildman–Crippen LogP) is 5.25. The van der Waals surface area contributed by atoms with E-state index in [4.69, 9.17) is 21.7 Å². The van der Waals surface area contributed by atoms with Crippen LogP contribution in [-0.2, 0) is 6.54 Å². The largest absolute Gasteiger partial charge is 0.393 e. The summed E-state index contributed by atoms with van der Waals surface area (Å²) in [5, 5.41) is 19.3. The molecule has 2 aromatic carbocycles. The zero-order chi connectivity index (χ0) is 26.9. The van der Waals surface area contributed by atoms with Gasteiger partial charge in [-0.25, -0.2) is 14.1 Å². The van der Waals surface area contributed by atoms with Crippen molar-refractivity contribution in [1.82, 2.24) is 29.5 Å². The first-order chi connectivity index (χ1) is 18.9. The zero-order valence-electron chi connectivity index (χ0n) is 22.0. The Morgan fingerprint density at radius 1 is 1.03 bits per heavy atom. The highest BCUT2D eigenvalue weighted by Crippen LogP contribution is 2.35. The minimum absolute atomic E-state index is 0.132. The molecule has 1 aliphatic heterocycles. The number of fused-ring (bicyclic) bond motifs is 1. The molecular formula is C29H33ClFN7O. The fourth-order valence-corrected chi connectivity index (χ4v) is 5.76. The average Bonchev–Trinajstić information content (AvgIpc) is 3.29. The molecule has 0 unspecified atom stereocenters. The van der Waals surface area contributed by atoms with Crippen LogP contribution in [0.3, 0.4) is 0 Å². The molecule has 1 saturated carbocycles. The van der Waals surface area contributed by atoms with Crippen molar-refractivity contribution in [3.63, 3.8) is 0 Å². The van der Waals surface area contributed by atoms with E-state index in [2.05, 4.69) is 51.4 Å². The number of nitrogens with zero attached hydrogens (tertiary/aromatic N) is 6. The molecule has 2 aliphatic rings. The maximum absolute atomic E-state index is 13.9. The molecule has 6 rings (SSSR count). The van der Waals surface area contributed by atoms with Gasteiger partial charge in [0.15, 0.2) is 5.65 Å². The second kappa shape index (κ2) is 11.2. The van der Waals surface area contributed by atoms with Gasteiger partial charge in [0, 0.05) is 55.2 Å². The van der Waals surface area contributed by atoms with Crippen molar-refractivity contribution in [1.29, 1.82) is 0 Å². The van der Waals surface area contributed by atoms with Crippen molar-refractivity contribution in [3.05, 3.63) is 65.1 Å². The fraction of sp³-hybridized carbons (Fsp3) is 0.414. The fourth-order valence-electron chi connectivity index (χ4n) is 5.54. The number of piperazine rings is 1. The summed E-state index contributed by atoms with van der Waals surface area (Å²) in [5.41, 5.74) is 4.32. The summed E-state index contributed by atoms with van der Waals surface area (Å²) in [6, 6.07) is 13.0. The van der Waals surface area contributed by atoms with Crippen LogP contribution < -0.4 is 5.32 Å². The van der Waals surface area contributed by atoms with Crippen molar-refractivity contribution in [3.8, 4) is 11.3 Å². The Bertz CT molecular complexity index is 1420. The SMILES string of the molecule is CN1CCN(Cc2ccc(-c3nn([C@H]4CC[C@H](O)CC4)c4nc(Nc5cc(F)cc(Cl)c5)ncc34)cc2)CC1. The van der Waals surface area contributed by atoms with Crippen molar-refractivity contribution in [2.75, 3.05) is 38.5 Å². The lowest BCUT2D eigenvalue weighted by atomic mass is 9.93. The number of rotatable bonds is 6. The van der Waals surface area contributed by atoms with Gasteiger partial charge in [0.1, 0.15) is 11.5 Å². The van der Waals surface area contributed by atoms with Crippen LogP contribution in [0.2, 0.25) is 5.02 Å². The van der Waals surface area contributed by atoms with Crippen molar-refractivity contribution >= 4 is 34.3 Å². The number of benzene rings is 2.